The van der Waals surface area contributed by atoms with E-state index in [4.69, 9.17) is 5.53 Å². The third-order valence-electron chi connectivity index (χ3n) is 2.64. The number of non-ortho nitro benzene ring substituents is 1. The fourth-order valence-electron chi connectivity index (χ4n) is 1.67. The molecule has 2 aromatic rings. The lowest BCUT2D eigenvalue weighted by Gasteiger charge is -2.06. The van der Waals surface area contributed by atoms with E-state index in [1.165, 1.54) is 36.4 Å². The quantitative estimate of drug-likeness (QED) is 0.302. The molecule has 2 aromatic carbocycles. The van der Waals surface area contributed by atoms with Gasteiger partial charge >= 0.3 is 0 Å². The number of amides is 1. The molecule has 0 unspecified atom stereocenters. The van der Waals surface area contributed by atoms with E-state index in [0.717, 1.165) is 0 Å². The highest BCUT2D eigenvalue weighted by Gasteiger charge is 2.11. The number of hydrogen-bond donors (Lipinski definition) is 1. The summed E-state index contributed by atoms with van der Waals surface area (Å²) < 4.78 is 0. The van der Waals surface area contributed by atoms with E-state index < -0.39 is 10.8 Å². The fraction of sp³-hybridized carbons (Fsp3) is 0. The third-order valence-corrected chi connectivity index (χ3v) is 2.64. The Morgan fingerprint density at radius 1 is 1.19 bits per heavy atom. The summed E-state index contributed by atoms with van der Waals surface area (Å²) in [7, 11) is 0. The van der Waals surface area contributed by atoms with Crippen molar-refractivity contribution in [2.75, 3.05) is 5.32 Å². The van der Waals surface area contributed by atoms with Crippen molar-refractivity contribution in [2.45, 2.75) is 0 Å². The van der Waals surface area contributed by atoms with Crippen molar-refractivity contribution < 1.29 is 9.72 Å². The van der Waals surface area contributed by atoms with Gasteiger partial charge in [-0.3, -0.25) is 14.9 Å². The Balaban J connectivity index is 2.22. The summed E-state index contributed by atoms with van der Waals surface area (Å²) in [5.41, 5.74) is 9.22. The molecule has 21 heavy (non-hydrogen) atoms. The molecule has 0 fully saturated rings. The molecule has 2 rings (SSSR count). The molecular formula is C13H9N5O3. The van der Waals surface area contributed by atoms with Crippen molar-refractivity contribution in [3.05, 3.63) is 74.7 Å². The molecule has 1 N–H and O–H groups in total. The van der Waals surface area contributed by atoms with E-state index >= 15 is 0 Å². The third kappa shape index (κ3) is 3.34. The van der Waals surface area contributed by atoms with Crippen molar-refractivity contribution in [1.29, 1.82) is 0 Å². The second-order valence-corrected chi connectivity index (χ2v) is 3.96. The van der Waals surface area contributed by atoms with Crippen LogP contribution in [0.4, 0.5) is 17.1 Å². The summed E-state index contributed by atoms with van der Waals surface area (Å²) >= 11 is 0. The van der Waals surface area contributed by atoms with E-state index in [2.05, 4.69) is 15.3 Å². The lowest BCUT2D eigenvalue weighted by atomic mass is 10.1. The van der Waals surface area contributed by atoms with E-state index in [9.17, 15) is 14.9 Å². The molecule has 0 aliphatic rings. The van der Waals surface area contributed by atoms with Crippen molar-refractivity contribution in [3.63, 3.8) is 0 Å². The zero-order valence-electron chi connectivity index (χ0n) is 10.6. The predicted molar refractivity (Wildman–Crippen MR) is 76.3 cm³/mol. The highest BCUT2D eigenvalue weighted by molar-refractivity contribution is 6.07. The molecule has 0 spiro atoms. The predicted octanol–water partition coefficient (Wildman–Crippen LogP) is 3.79. The van der Waals surface area contributed by atoms with Crippen molar-refractivity contribution in [3.8, 4) is 0 Å². The molecule has 0 atom stereocenters. The van der Waals surface area contributed by atoms with Crippen LogP contribution in [0, 0.1) is 10.1 Å². The first-order chi connectivity index (χ1) is 10.1. The van der Waals surface area contributed by atoms with Gasteiger partial charge in [0.05, 0.1) is 10.6 Å². The minimum absolute atomic E-state index is 0.0671. The lowest BCUT2D eigenvalue weighted by molar-refractivity contribution is -0.384. The number of carbonyl (C=O) groups excluding carboxylic acids is 1. The van der Waals surface area contributed by atoms with Gasteiger partial charge in [-0.05, 0) is 23.7 Å². The summed E-state index contributed by atoms with van der Waals surface area (Å²) in [5.74, 6) is -0.466. The number of nitro groups is 1. The second-order valence-electron chi connectivity index (χ2n) is 3.96. The second kappa shape index (κ2) is 6.18. The zero-order chi connectivity index (χ0) is 15.2. The van der Waals surface area contributed by atoms with Gasteiger partial charge in [0.2, 0.25) is 0 Å². The molecule has 0 saturated heterocycles. The van der Waals surface area contributed by atoms with Crippen LogP contribution >= 0.6 is 0 Å². The number of azide groups is 1. The van der Waals surface area contributed by atoms with Gasteiger partial charge in [0.25, 0.3) is 11.6 Å². The van der Waals surface area contributed by atoms with Crippen LogP contribution in [0.25, 0.3) is 10.4 Å². The van der Waals surface area contributed by atoms with Gasteiger partial charge in [0.15, 0.2) is 0 Å². The van der Waals surface area contributed by atoms with Crippen LogP contribution < -0.4 is 5.32 Å². The van der Waals surface area contributed by atoms with E-state index in [-0.39, 0.29) is 16.9 Å². The largest absolute Gasteiger partial charge is 0.322 e. The maximum atomic E-state index is 12.1. The maximum absolute atomic E-state index is 12.1. The maximum Gasteiger partial charge on any atom is 0.269 e. The topological polar surface area (TPSA) is 121 Å². The van der Waals surface area contributed by atoms with Gasteiger partial charge in [0, 0.05) is 28.3 Å². The van der Waals surface area contributed by atoms with Gasteiger partial charge in [0.1, 0.15) is 0 Å². The van der Waals surface area contributed by atoms with Crippen molar-refractivity contribution in [1.82, 2.24) is 0 Å². The highest BCUT2D eigenvalue weighted by atomic mass is 16.6. The highest BCUT2D eigenvalue weighted by Crippen LogP contribution is 2.21. The van der Waals surface area contributed by atoms with Gasteiger partial charge in [-0.25, -0.2) is 0 Å². The Kier molecular flexibility index (Phi) is 4.13. The van der Waals surface area contributed by atoms with Crippen LogP contribution in [-0.4, -0.2) is 10.8 Å². The van der Waals surface area contributed by atoms with Crippen LogP contribution in [0.1, 0.15) is 10.4 Å². The Bertz CT molecular complexity index is 736. The number of nitro benzene ring substituents is 1. The minimum Gasteiger partial charge on any atom is -0.322 e. The fourth-order valence-corrected chi connectivity index (χ4v) is 1.67. The average Bonchev–Trinajstić information content (AvgIpc) is 2.48. The van der Waals surface area contributed by atoms with Crippen molar-refractivity contribution in [2.24, 2.45) is 5.11 Å². The average molecular weight is 283 g/mol. The molecule has 0 aromatic heterocycles. The number of nitrogens with one attached hydrogen (secondary N) is 1. The molecule has 8 heteroatoms. The van der Waals surface area contributed by atoms with Crippen LogP contribution in [0.3, 0.4) is 0 Å². The van der Waals surface area contributed by atoms with Crippen LogP contribution in [0.15, 0.2) is 53.6 Å². The van der Waals surface area contributed by atoms with Gasteiger partial charge < -0.3 is 5.32 Å². The summed E-state index contributed by atoms with van der Waals surface area (Å²) in [5, 5.41) is 16.6. The number of benzene rings is 2. The van der Waals surface area contributed by atoms with Crippen LogP contribution in [-0.2, 0) is 0 Å². The summed E-state index contributed by atoms with van der Waals surface area (Å²) in [6, 6.07) is 11.7. The smallest absolute Gasteiger partial charge is 0.269 e. The summed E-state index contributed by atoms with van der Waals surface area (Å²) in [6.45, 7) is 0. The van der Waals surface area contributed by atoms with Crippen LogP contribution in [0.5, 0.6) is 0 Å². The van der Waals surface area contributed by atoms with E-state index in [1.54, 1.807) is 12.1 Å². The first-order valence-electron chi connectivity index (χ1n) is 5.82. The Labute approximate surface area is 118 Å². The standard InChI is InChI=1S/C13H9N5O3/c14-17-16-12-4-2-1-3-11(12)13(19)15-9-5-7-10(8-6-9)18(20)21/h1-8H,(H,15,19). The monoisotopic (exact) mass is 283 g/mol. The van der Waals surface area contributed by atoms with Crippen molar-refractivity contribution >= 4 is 23.0 Å². The molecule has 0 bridgehead atoms. The van der Waals surface area contributed by atoms with Gasteiger partial charge in [-0.2, -0.15) is 0 Å². The van der Waals surface area contributed by atoms with Gasteiger partial charge in [-0.15, -0.1) is 0 Å². The van der Waals surface area contributed by atoms with E-state index in [0.29, 0.717) is 5.69 Å². The molecule has 0 aliphatic heterocycles. The first kappa shape index (κ1) is 14.0. The number of rotatable bonds is 4. The van der Waals surface area contributed by atoms with Gasteiger partial charge in [-0.1, -0.05) is 23.3 Å². The summed E-state index contributed by atoms with van der Waals surface area (Å²) in [6.07, 6.45) is 0. The summed E-state index contributed by atoms with van der Waals surface area (Å²) in [4.78, 5) is 24.8. The Morgan fingerprint density at radius 3 is 2.48 bits per heavy atom. The first-order valence-corrected chi connectivity index (χ1v) is 5.82. The van der Waals surface area contributed by atoms with Crippen LogP contribution in [0.2, 0.25) is 0 Å². The Morgan fingerprint density at radius 2 is 1.86 bits per heavy atom. The number of anilines is 1. The normalized spacial score (nSPS) is 9.52. The minimum atomic E-state index is -0.525. The SMILES string of the molecule is [N-]=[N+]=Nc1ccccc1C(=O)Nc1ccc([N+](=O)[O-])cc1. The molecule has 8 nitrogen and oxygen atoms in total. The lowest BCUT2D eigenvalue weighted by Crippen LogP contribution is -2.11. The molecule has 1 amide bonds. The molecule has 0 heterocycles. The molecular weight excluding hydrogens is 274 g/mol. The number of nitrogens with zero attached hydrogens (tertiary/aromatic N) is 4. The molecule has 0 radical (unpaired) electrons. The van der Waals surface area contributed by atoms with E-state index in [1.807, 2.05) is 0 Å². The number of carbonyl (C=O) groups is 1. The molecule has 104 valence electrons. The number of hydrogen-bond acceptors (Lipinski definition) is 4. The molecule has 0 aliphatic carbocycles. The zero-order valence-corrected chi connectivity index (χ0v) is 10.6. The Hall–Kier alpha value is -3.38. The molecule has 0 saturated carbocycles.